The maximum atomic E-state index is 6.38. The molecule has 0 radical (unpaired) electrons. The first kappa shape index (κ1) is 12.0. The molecule has 2 rings (SSSR count). The molecule has 2 aromatic heterocycles. The van der Waals surface area contributed by atoms with E-state index in [2.05, 4.69) is 29.0 Å². The summed E-state index contributed by atoms with van der Waals surface area (Å²) in [5, 5.41) is 8.45. The highest BCUT2D eigenvalue weighted by atomic mass is 15.3. The van der Waals surface area contributed by atoms with Crippen LogP contribution >= 0.6 is 0 Å². The standard InChI is InChI=1S/C12H19N5/c1-5-12(13,6-2)11-16-15-10-7-8(3)14-9(4)17(10)11/h7H,5-6,13H2,1-4H3. The summed E-state index contributed by atoms with van der Waals surface area (Å²) in [7, 11) is 0. The van der Waals surface area contributed by atoms with Gasteiger partial charge < -0.3 is 5.73 Å². The zero-order valence-corrected chi connectivity index (χ0v) is 10.9. The summed E-state index contributed by atoms with van der Waals surface area (Å²) in [5.74, 6) is 1.69. The van der Waals surface area contributed by atoms with E-state index in [1.807, 2.05) is 24.3 Å². The van der Waals surface area contributed by atoms with Crippen LogP contribution in [-0.2, 0) is 5.54 Å². The Morgan fingerprint density at radius 1 is 1.24 bits per heavy atom. The van der Waals surface area contributed by atoms with Gasteiger partial charge in [0.2, 0.25) is 0 Å². The first-order valence-corrected chi connectivity index (χ1v) is 6.00. The number of fused-ring (bicyclic) bond motifs is 1. The number of hydrogen-bond donors (Lipinski definition) is 1. The van der Waals surface area contributed by atoms with E-state index < -0.39 is 5.54 Å². The third kappa shape index (κ3) is 1.80. The molecule has 2 aromatic rings. The van der Waals surface area contributed by atoms with Crippen molar-refractivity contribution in [1.82, 2.24) is 19.6 Å². The van der Waals surface area contributed by atoms with E-state index in [1.165, 1.54) is 0 Å². The van der Waals surface area contributed by atoms with Crippen molar-refractivity contribution in [1.29, 1.82) is 0 Å². The van der Waals surface area contributed by atoms with Gasteiger partial charge in [0.25, 0.3) is 0 Å². The van der Waals surface area contributed by atoms with E-state index in [4.69, 9.17) is 5.73 Å². The van der Waals surface area contributed by atoms with Crippen molar-refractivity contribution >= 4 is 5.65 Å². The third-order valence-corrected chi connectivity index (χ3v) is 3.39. The van der Waals surface area contributed by atoms with Crippen molar-refractivity contribution in [2.24, 2.45) is 5.73 Å². The van der Waals surface area contributed by atoms with E-state index >= 15 is 0 Å². The molecule has 0 amide bonds. The zero-order chi connectivity index (χ0) is 12.6. The average molecular weight is 233 g/mol. The number of rotatable bonds is 3. The predicted molar refractivity (Wildman–Crippen MR) is 66.7 cm³/mol. The van der Waals surface area contributed by atoms with Crippen LogP contribution in [0.2, 0.25) is 0 Å². The summed E-state index contributed by atoms with van der Waals surface area (Å²) < 4.78 is 1.96. The molecule has 2 N–H and O–H groups in total. The number of aryl methyl sites for hydroxylation is 2. The van der Waals surface area contributed by atoms with Gasteiger partial charge in [-0.05, 0) is 26.7 Å². The first-order valence-electron chi connectivity index (χ1n) is 6.00. The summed E-state index contributed by atoms with van der Waals surface area (Å²) in [5.41, 5.74) is 7.72. The van der Waals surface area contributed by atoms with Gasteiger partial charge in [0.1, 0.15) is 5.82 Å². The molecule has 0 unspecified atom stereocenters. The third-order valence-electron chi connectivity index (χ3n) is 3.39. The van der Waals surface area contributed by atoms with Crippen LogP contribution in [0.1, 0.15) is 44.0 Å². The maximum Gasteiger partial charge on any atom is 0.164 e. The molecule has 0 saturated heterocycles. The molecule has 0 aliphatic heterocycles. The quantitative estimate of drug-likeness (QED) is 0.876. The van der Waals surface area contributed by atoms with Crippen LogP contribution in [0.3, 0.4) is 0 Å². The van der Waals surface area contributed by atoms with Gasteiger partial charge in [-0.1, -0.05) is 13.8 Å². The molecule has 0 fully saturated rings. The summed E-state index contributed by atoms with van der Waals surface area (Å²) in [4.78, 5) is 4.44. The van der Waals surface area contributed by atoms with Crippen molar-refractivity contribution in [3.63, 3.8) is 0 Å². The average Bonchev–Trinajstić information content (AvgIpc) is 2.72. The lowest BCUT2D eigenvalue weighted by molar-refractivity contribution is 0.382. The minimum absolute atomic E-state index is 0.429. The number of nitrogens with two attached hydrogens (primary N) is 1. The smallest absolute Gasteiger partial charge is 0.164 e. The molecule has 0 bridgehead atoms. The number of hydrogen-bond acceptors (Lipinski definition) is 4. The molecule has 5 nitrogen and oxygen atoms in total. The van der Waals surface area contributed by atoms with E-state index in [-0.39, 0.29) is 0 Å². The summed E-state index contributed by atoms with van der Waals surface area (Å²) >= 11 is 0. The Hall–Kier alpha value is -1.49. The summed E-state index contributed by atoms with van der Waals surface area (Å²) in [6.45, 7) is 8.05. The predicted octanol–water partition coefficient (Wildman–Crippen LogP) is 1.72. The Morgan fingerprint density at radius 2 is 1.88 bits per heavy atom. The normalized spacial score (nSPS) is 12.3. The molecular formula is C12H19N5. The zero-order valence-electron chi connectivity index (χ0n) is 10.9. The minimum Gasteiger partial charge on any atom is -0.319 e. The van der Waals surface area contributed by atoms with Crippen molar-refractivity contribution in [2.75, 3.05) is 0 Å². The molecule has 0 aromatic carbocycles. The van der Waals surface area contributed by atoms with Gasteiger partial charge >= 0.3 is 0 Å². The molecular weight excluding hydrogens is 214 g/mol. The van der Waals surface area contributed by atoms with Crippen LogP contribution in [0.15, 0.2) is 6.07 Å². The van der Waals surface area contributed by atoms with Crippen LogP contribution < -0.4 is 5.73 Å². The lowest BCUT2D eigenvalue weighted by Gasteiger charge is -2.24. The molecule has 5 heteroatoms. The monoisotopic (exact) mass is 233 g/mol. The van der Waals surface area contributed by atoms with Crippen molar-refractivity contribution < 1.29 is 0 Å². The van der Waals surface area contributed by atoms with Crippen LogP contribution in [0.5, 0.6) is 0 Å². The van der Waals surface area contributed by atoms with E-state index in [9.17, 15) is 0 Å². The van der Waals surface area contributed by atoms with Gasteiger partial charge in [-0.15, -0.1) is 10.2 Å². The second-order valence-corrected chi connectivity index (χ2v) is 4.53. The largest absolute Gasteiger partial charge is 0.319 e. The number of aromatic nitrogens is 4. The second-order valence-electron chi connectivity index (χ2n) is 4.53. The highest BCUT2D eigenvalue weighted by Crippen LogP contribution is 2.25. The Kier molecular flexibility index (Phi) is 2.87. The molecule has 17 heavy (non-hydrogen) atoms. The molecule has 92 valence electrons. The molecule has 0 saturated carbocycles. The fraction of sp³-hybridized carbons (Fsp3) is 0.583. The van der Waals surface area contributed by atoms with E-state index in [0.717, 1.165) is 35.8 Å². The Morgan fingerprint density at radius 3 is 2.47 bits per heavy atom. The summed E-state index contributed by atoms with van der Waals surface area (Å²) in [6.07, 6.45) is 1.66. The first-order chi connectivity index (χ1) is 8.01. The topological polar surface area (TPSA) is 69.1 Å². The SMILES string of the molecule is CCC(N)(CC)c1nnc2cc(C)nc(C)n12. The van der Waals surface area contributed by atoms with Crippen molar-refractivity contribution in [2.45, 2.75) is 46.1 Å². The Labute approximate surface area is 101 Å². The van der Waals surface area contributed by atoms with Gasteiger partial charge in [0, 0.05) is 11.8 Å². The van der Waals surface area contributed by atoms with Gasteiger partial charge in [0.05, 0.1) is 5.54 Å². The molecule has 0 atom stereocenters. The Bertz CT molecular complexity index is 539. The van der Waals surface area contributed by atoms with Gasteiger partial charge in [0.15, 0.2) is 11.5 Å². The minimum atomic E-state index is -0.429. The van der Waals surface area contributed by atoms with E-state index in [0.29, 0.717) is 0 Å². The highest BCUT2D eigenvalue weighted by Gasteiger charge is 2.29. The fourth-order valence-corrected chi connectivity index (χ4v) is 2.12. The lowest BCUT2D eigenvalue weighted by atomic mass is 9.93. The van der Waals surface area contributed by atoms with Gasteiger partial charge in [-0.25, -0.2) is 4.98 Å². The maximum absolute atomic E-state index is 6.38. The summed E-state index contributed by atoms with van der Waals surface area (Å²) in [6, 6.07) is 1.93. The van der Waals surface area contributed by atoms with Gasteiger partial charge in [-0.2, -0.15) is 0 Å². The molecule has 0 aliphatic rings. The Balaban J connectivity index is 2.72. The van der Waals surface area contributed by atoms with Gasteiger partial charge in [-0.3, -0.25) is 4.40 Å². The van der Waals surface area contributed by atoms with Crippen molar-refractivity contribution in [3.8, 4) is 0 Å². The number of nitrogens with zero attached hydrogens (tertiary/aromatic N) is 4. The molecule has 2 heterocycles. The lowest BCUT2D eigenvalue weighted by Crippen LogP contribution is -2.37. The highest BCUT2D eigenvalue weighted by molar-refractivity contribution is 5.40. The van der Waals surface area contributed by atoms with Crippen LogP contribution in [0, 0.1) is 13.8 Å². The second kappa shape index (κ2) is 4.07. The van der Waals surface area contributed by atoms with Crippen molar-refractivity contribution in [3.05, 3.63) is 23.4 Å². The van der Waals surface area contributed by atoms with Crippen LogP contribution in [0.4, 0.5) is 0 Å². The van der Waals surface area contributed by atoms with Crippen LogP contribution in [-0.4, -0.2) is 19.6 Å². The fourth-order valence-electron chi connectivity index (χ4n) is 2.12. The molecule has 0 spiro atoms. The molecule has 0 aliphatic carbocycles. The van der Waals surface area contributed by atoms with E-state index in [1.54, 1.807) is 0 Å². The van der Waals surface area contributed by atoms with Crippen LogP contribution in [0.25, 0.3) is 5.65 Å².